The highest BCUT2D eigenvalue weighted by molar-refractivity contribution is 7.09. The zero-order valence-electron chi connectivity index (χ0n) is 11.4. The van der Waals surface area contributed by atoms with Crippen LogP contribution >= 0.6 is 11.3 Å². The number of nitrogens with one attached hydrogen (secondary N) is 1. The van der Waals surface area contributed by atoms with Crippen molar-refractivity contribution in [2.24, 2.45) is 0 Å². The molecule has 2 rings (SSSR count). The van der Waals surface area contributed by atoms with Crippen LogP contribution in [0.3, 0.4) is 0 Å². The number of nitrogen functional groups attached to an aromatic ring is 1. The van der Waals surface area contributed by atoms with Crippen LogP contribution in [0.15, 0.2) is 41.8 Å². The molecule has 1 heterocycles. The van der Waals surface area contributed by atoms with E-state index in [9.17, 15) is 9.59 Å². The van der Waals surface area contributed by atoms with Gasteiger partial charge in [-0.25, -0.2) is 4.79 Å². The SMILES string of the molecule is Nc1ccc(C(=O)OCC(=O)NCCc2cccs2)cc1. The number of carbonyl (C=O) groups excluding carboxylic acids is 2. The number of benzene rings is 1. The lowest BCUT2D eigenvalue weighted by molar-refractivity contribution is -0.124. The van der Waals surface area contributed by atoms with Crippen LogP contribution in [0.1, 0.15) is 15.2 Å². The van der Waals surface area contributed by atoms with E-state index < -0.39 is 5.97 Å². The lowest BCUT2D eigenvalue weighted by atomic mass is 10.2. The van der Waals surface area contributed by atoms with Gasteiger partial charge in [0.2, 0.25) is 0 Å². The minimum atomic E-state index is -0.539. The van der Waals surface area contributed by atoms with Crippen LogP contribution in [0.2, 0.25) is 0 Å². The summed E-state index contributed by atoms with van der Waals surface area (Å²) in [7, 11) is 0. The van der Waals surface area contributed by atoms with Gasteiger partial charge >= 0.3 is 5.97 Å². The molecule has 0 saturated heterocycles. The van der Waals surface area contributed by atoms with Gasteiger partial charge in [-0.2, -0.15) is 0 Å². The van der Waals surface area contributed by atoms with E-state index in [0.717, 1.165) is 6.42 Å². The molecular formula is C15H16N2O3S. The molecule has 1 amide bonds. The summed E-state index contributed by atoms with van der Waals surface area (Å²) in [5.41, 5.74) is 6.47. The minimum Gasteiger partial charge on any atom is -0.452 e. The Kier molecular flexibility index (Phi) is 5.34. The summed E-state index contributed by atoms with van der Waals surface area (Å²) in [6.07, 6.45) is 0.773. The van der Waals surface area contributed by atoms with E-state index in [1.54, 1.807) is 35.6 Å². The molecule has 0 radical (unpaired) electrons. The third kappa shape index (κ3) is 4.92. The molecule has 0 atom stereocenters. The van der Waals surface area contributed by atoms with Crippen LogP contribution < -0.4 is 11.1 Å². The zero-order valence-corrected chi connectivity index (χ0v) is 12.2. The second-order valence-corrected chi connectivity index (χ2v) is 5.41. The Morgan fingerprint density at radius 1 is 1.19 bits per heavy atom. The lowest BCUT2D eigenvalue weighted by Crippen LogP contribution is -2.30. The predicted molar refractivity (Wildman–Crippen MR) is 82.2 cm³/mol. The van der Waals surface area contributed by atoms with Gasteiger partial charge in [0.15, 0.2) is 6.61 Å². The number of nitrogens with two attached hydrogens (primary N) is 1. The number of thiophene rings is 1. The molecule has 110 valence electrons. The van der Waals surface area contributed by atoms with Gasteiger partial charge in [0, 0.05) is 17.1 Å². The Morgan fingerprint density at radius 3 is 2.62 bits per heavy atom. The highest BCUT2D eigenvalue weighted by Crippen LogP contribution is 2.08. The standard InChI is InChI=1S/C15H16N2O3S/c16-12-5-3-11(4-6-12)15(19)20-10-14(18)17-8-7-13-2-1-9-21-13/h1-6,9H,7-8,10,16H2,(H,17,18). The lowest BCUT2D eigenvalue weighted by Gasteiger charge is -2.06. The Balaban J connectivity index is 1.68. The normalized spacial score (nSPS) is 10.1. The fourth-order valence-corrected chi connectivity index (χ4v) is 2.37. The minimum absolute atomic E-state index is 0.284. The van der Waals surface area contributed by atoms with Gasteiger partial charge in [0.1, 0.15) is 0 Å². The van der Waals surface area contributed by atoms with Crippen LogP contribution in [-0.2, 0) is 16.0 Å². The Morgan fingerprint density at radius 2 is 1.95 bits per heavy atom. The maximum atomic E-state index is 11.7. The van der Waals surface area contributed by atoms with Gasteiger partial charge in [0.25, 0.3) is 5.91 Å². The average Bonchev–Trinajstić information content (AvgIpc) is 2.99. The number of amides is 1. The molecule has 0 bridgehead atoms. The molecule has 1 aromatic carbocycles. The molecule has 0 spiro atoms. The largest absolute Gasteiger partial charge is 0.452 e. The fourth-order valence-electron chi connectivity index (χ4n) is 1.66. The maximum absolute atomic E-state index is 11.7. The first-order chi connectivity index (χ1) is 10.1. The van der Waals surface area contributed by atoms with Gasteiger partial charge < -0.3 is 15.8 Å². The summed E-state index contributed by atoms with van der Waals surface area (Å²) in [5.74, 6) is -0.848. The van der Waals surface area contributed by atoms with Crippen molar-refractivity contribution in [2.45, 2.75) is 6.42 Å². The van der Waals surface area contributed by atoms with Gasteiger partial charge in [-0.1, -0.05) is 6.07 Å². The smallest absolute Gasteiger partial charge is 0.338 e. The Bertz CT molecular complexity index is 594. The van der Waals surface area contributed by atoms with Crippen LogP contribution in [0, 0.1) is 0 Å². The quantitative estimate of drug-likeness (QED) is 0.630. The third-order valence-electron chi connectivity index (χ3n) is 2.75. The first-order valence-electron chi connectivity index (χ1n) is 6.47. The highest BCUT2D eigenvalue weighted by Gasteiger charge is 2.09. The summed E-state index contributed by atoms with van der Waals surface area (Å²) < 4.78 is 4.93. The van der Waals surface area contributed by atoms with Gasteiger partial charge in [-0.05, 0) is 42.1 Å². The van der Waals surface area contributed by atoms with Crippen molar-refractivity contribution in [2.75, 3.05) is 18.9 Å². The molecule has 0 fully saturated rings. The van der Waals surface area contributed by atoms with E-state index >= 15 is 0 Å². The van der Waals surface area contributed by atoms with Crippen LogP contribution in [0.4, 0.5) is 5.69 Å². The number of hydrogen-bond donors (Lipinski definition) is 2. The van der Waals surface area contributed by atoms with Crippen LogP contribution in [-0.4, -0.2) is 25.0 Å². The summed E-state index contributed by atoms with van der Waals surface area (Å²) in [6, 6.07) is 10.3. The van der Waals surface area contributed by atoms with E-state index in [2.05, 4.69) is 5.32 Å². The van der Waals surface area contributed by atoms with Crippen LogP contribution in [0.25, 0.3) is 0 Å². The van der Waals surface area contributed by atoms with E-state index in [4.69, 9.17) is 10.5 Å². The van der Waals surface area contributed by atoms with E-state index in [0.29, 0.717) is 17.8 Å². The molecule has 0 saturated carbocycles. The molecule has 1 aromatic heterocycles. The van der Waals surface area contributed by atoms with Crippen molar-refractivity contribution < 1.29 is 14.3 Å². The van der Waals surface area contributed by atoms with Gasteiger partial charge in [0.05, 0.1) is 5.56 Å². The van der Waals surface area contributed by atoms with Crippen molar-refractivity contribution in [3.05, 3.63) is 52.2 Å². The third-order valence-corrected chi connectivity index (χ3v) is 3.69. The number of rotatable bonds is 6. The van der Waals surface area contributed by atoms with Crippen molar-refractivity contribution in [3.63, 3.8) is 0 Å². The van der Waals surface area contributed by atoms with Crippen molar-refractivity contribution >= 4 is 28.9 Å². The zero-order chi connectivity index (χ0) is 15.1. The molecule has 21 heavy (non-hydrogen) atoms. The van der Waals surface area contributed by atoms with E-state index in [1.807, 2.05) is 17.5 Å². The molecular weight excluding hydrogens is 288 g/mol. The van der Waals surface area contributed by atoms with Crippen molar-refractivity contribution in [1.29, 1.82) is 0 Å². The van der Waals surface area contributed by atoms with Gasteiger partial charge in [-0.3, -0.25) is 4.79 Å². The number of esters is 1. The summed E-state index contributed by atoms with van der Waals surface area (Å²) in [5, 5.41) is 4.70. The summed E-state index contributed by atoms with van der Waals surface area (Å²) in [6.45, 7) is 0.242. The monoisotopic (exact) mass is 304 g/mol. The molecule has 2 aromatic rings. The molecule has 0 aliphatic rings. The molecule has 6 heteroatoms. The first-order valence-corrected chi connectivity index (χ1v) is 7.35. The molecule has 0 aliphatic heterocycles. The first kappa shape index (κ1) is 15.1. The summed E-state index contributed by atoms with van der Waals surface area (Å²) >= 11 is 1.64. The number of anilines is 1. The Labute approximate surface area is 126 Å². The van der Waals surface area contributed by atoms with Crippen LogP contribution in [0.5, 0.6) is 0 Å². The summed E-state index contributed by atoms with van der Waals surface area (Å²) in [4.78, 5) is 24.4. The Hall–Kier alpha value is -2.34. The van der Waals surface area contributed by atoms with Gasteiger partial charge in [-0.15, -0.1) is 11.3 Å². The maximum Gasteiger partial charge on any atom is 0.338 e. The molecule has 0 aliphatic carbocycles. The second kappa shape index (κ2) is 7.44. The predicted octanol–water partition coefficient (Wildman–Crippen LogP) is 1.85. The van der Waals surface area contributed by atoms with E-state index in [-0.39, 0.29) is 12.5 Å². The molecule has 3 N–H and O–H groups in total. The average molecular weight is 304 g/mol. The fraction of sp³-hybridized carbons (Fsp3) is 0.200. The van der Waals surface area contributed by atoms with Crippen molar-refractivity contribution in [1.82, 2.24) is 5.32 Å². The topological polar surface area (TPSA) is 81.4 Å². The number of ether oxygens (including phenoxy) is 1. The number of hydrogen-bond acceptors (Lipinski definition) is 5. The second-order valence-electron chi connectivity index (χ2n) is 4.38. The van der Waals surface area contributed by atoms with E-state index in [1.165, 1.54) is 4.88 Å². The van der Waals surface area contributed by atoms with Crippen molar-refractivity contribution in [3.8, 4) is 0 Å². The molecule has 0 unspecified atom stereocenters. The number of carbonyl (C=O) groups is 2. The highest BCUT2D eigenvalue weighted by atomic mass is 32.1. The molecule has 5 nitrogen and oxygen atoms in total.